The van der Waals surface area contributed by atoms with E-state index in [4.69, 9.17) is 11.6 Å². The Morgan fingerprint density at radius 3 is 1.94 bits per heavy atom. The normalized spacial score (nSPS) is 13.2. The molecule has 1 nitrogen and oxygen atoms in total. The minimum Gasteiger partial charge on any atom is -0.306 e. The standard InChI is InChI=1S/C15H32ClN/c1-4-5-6-7-8-9-10-11-13-17(3)14-12-15(2)16/h15H,4-14H2,1-3H3. The van der Waals surface area contributed by atoms with Gasteiger partial charge in [0.15, 0.2) is 0 Å². The molecule has 0 radical (unpaired) electrons. The molecule has 0 heterocycles. The van der Waals surface area contributed by atoms with Crippen molar-refractivity contribution in [2.75, 3.05) is 20.1 Å². The van der Waals surface area contributed by atoms with E-state index in [0.717, 1.165) is 13.0 Å². The summed E-state index contributed by atoms with van der Waals surface area (Å²) in [4.78, 5) is 2.41. The van der Waals surface area contributed by atoms with Crippen molar-refractivity contribution in [2.45, 2.75) is 77.0 Å². The molecule has 104 valence electrons. The van der Waals surface area contributed by atoms with Crippen LogP contribution in [-0.4, -0.2) is 30.4 Å². The molecule has 2 heteroatoms. The lowest BCUT2D eigenvalue weighted by Gasteiger charge is -2.16. The Balaban J connectivity index is 3.11. The van der Waals surface area contributed by atoms with Crippen LogP contribution >= 0.6 is 11.6 Å². The summed E-state index contributed by atoms with van der Waals surface area (Å²) in [5, 5.41) is 0.316. The van der Waals surface area contributed by atoms with E-state index in [1.54, 1.807) is 0 Å². The molecule has 0 aliphatic carbocycles. The van der Waals surface area contributed by atoms with Gasteiger partial charge in [-0.2, -0.15) is 0 Å². The maximum absolute atomic E-state index is 5.94. The second-order valence-corrected chi connectivity index (χ2v) is 6.09. The van der Waals surface area contributed by atoms with Gasteiger partial charge < -0.3 is 4.90 Å². The van der Waals surface area contributed by atoms with E-state index in [0.29, 0.717) is 5.38 Å². The number of hydrogen-bond donors (Lipinski definition) is 0. The predicted octanol–water partition coefficient (Wildman–Crippen LogP) is 5.08. The highest BCUT2D eigenvalue weighted by Crippen LogP contribution is 2.09. The second kappa shape index (κ2) is 12.7. The molecule has 1 unspecified atom stereocenters. The maximum atomic E-state index is 5.94. The number of alkyl halides is 1. The Morgan fingerprint density at radius 2 is 1.41 bits per heavy atom. The van der Waals surface area contributed by atoms with Gasteiger partial charge in [0.2, 0.25) is 0 Å². The molecule has 0 rings (SSSR count). The largest absolute Gasteiger partial charge is 0.306 e. The highest BCUT2D eigenvalue weighted by molar-refractivity contribution is 6.20. The number of hydrogen-bond acceptors (Lipinski definition) is 1. The fourth-order valence-electron chi connectivity index (χ4n) is 2.03. The molecule has 0 aromatic heterocycles. The number of nitrogens with zero attached hydrogens (tertiary/aromatic N) is 1. The van der Waals surface area contributed by atoms with Crippen molar-refractivity contribution < 1.29 is 0 Å². The molecular formula is C15H32ClN. The molecule has 0 aliphatic heterocycles. The molecule has 0 bridgehead atoms. The Morgan fingerprint density at radius 1 is 0.882 bits per heavy atom. The van der Waals surface area contributed by atoms with Crippen LogP contribution in [0.4, 0.5) is 0 Å². The van der Waals surface area contributed by atoms with Gasteiger partial charge in [-0.1, -0.05) is 51.9 Å². The van der Waals surface area contributed by atoms with Crippen molar-refractivity contribution in [3.63, 3.8) is 0 Å². The summed E-state index contributed by atoms with van der Waals surface area (Å²) in [6.07, 6.45) is 12.3. The van der Waals surface area contributed by atoms with Gasteiger partial charge in [0, 0.05) is 5.38 Å². The Kier molecular flexibility index (Phi) is 12.9. The van der Waals surface area contributed by atoms with Gasteiger partial charge in [-0.05, 0) is 39.9 Å². The van der Waals surface area contributed by atoms with E-state index in [1.165, 1.54) is 57.9 Å². The molecule has 0 spiro atoms. The van der Waals surface area contributed by atoms with E-state index in [-0.39, 0.29) is 0 Å². The molecule has 0 amide bonds. The van der Waals surface area contributed by atoms with Crippen LogP contribution in [0.1, 0.15) is 71.6 Å². The lowest BCUT2D eigenvalue weighted by atomic mass is 10.1. The first kappa shape index (κ1) is 17.2. The molecule has 0 aromatic rings. The van der Waals surface area contributed by atoms with E-state index < -0.39 is 0 Å². The zero-order valence-corrected chi connectivity index (χ0v) is 12.9. The van der Waals surface area contributed by atoms with Gasteiger partial charge in [-0.25, -0.2) is 0 Å². The van der Waals surface area contributed by atoms with Gasteiger partial charge in [0.1, 0.15) is 0 Å². The van der Waals surface area contributed by atoms with Gasteiger partial charge in [-0.15, -0.1) is 11.6 Å². The second-order valence-electron chi connectivity index (χ2n) is 5.35. The fraction of sp³-hybridized carbons (Fsp3) is 1.00. The summed E-state index contributed by atoms with van der Waals surface area (Å²) in [6.45, 7) is 6.73. The van der Waals surface area contributed by atoms with Crippen molar-refractivity contribution in [2.24, 2.45) is 0 Å². The topological polar surface area (TPSA) is 3.24 Å². The number of unbranched alkanes of at least 4 members (excludes halogenated alkanes) is 7. The Hall–Kier alpha value is 0.250. The fourth-order valence-corrected chi connectivity index (χ4v) is 2.12. The lowest BCUT2D eigenvalue weighted by molar-refractivity contribution is 0.319. The molecule has 1 atom stereocenters. The van der Waals surface area contributed by atoms with Crippen LogP contribution in [0.5, 0.6) is 0 Å². The van der Waals surface area contributed by atoms with Gasteiger partial charge in [0.05, 0.1) is 0 Å². The molecule has 0 saturated heterocycles. The molecule has 0 N–H and O–H groups in total. The highest BCUT2D eigenvalue weighted by atomic mass is 35.5. The zero-order valence-electron chi connectivity index (χ0n) is 12.2. The first-order valence-corrected chi connectivity index (χ1v) is 7.93. The lowest BCUT2D eigenvalue weighted by Crippen LogP contribution is -2.22. The third kappa shape index (κ3) is 14.2. The average Bonchev–Trinajstić information content (AvgIpc) is 2.30. The van der Waals surface area contributed by atoms with Crippen molar-refractivity contribution in [1.29, 1.82) is 0 Å². The van der Waals surface area contributed by atoms with E-state index in [9.17, 15) is 0 Å². The molecule has 0 aliphatic rings. The zero-order chi connectivity index (χ0) is 12.9. The quantitative estimate of drug-likeness (QED) is 0.350. The van der Waals surface area contributed by atoms with Crippen LogP contribution in [0.3, 0.4) is 0 Å². The minimum absolute atomic E-state index is 0.316. The Bertz CT molecular complexity index is 148. The third-order valence-corrected chi connectivity index (χ3v) is 3.52. The summed E-state index contributed by atoms with van der Waals surface area (Å²) in [5.41, 5.74) is 0. The smallest absolute Gasteiger partial charge is 0.0320 e. The summed E-state index contributed by atoms with van der Waals surface area (Å²) in [5.74, 6) is 0. The maximum Gasteiger partial charge on any atom is 0.0320 e. The average molecular weight is 262 g/mol. The van der Waals surface area contributed by atoms with Gasteiger partial charge in [0.25, 0.3) is 0 Å². The van der Waals surface area contributed by atoms with Crippen LogP contribution in [-0.2, 0) is 0 Å². The SMILES string of the molecule is CCCCCCCCCCN(C)CCC(C)Cl. The van der Waals surface area contributed by atoms with E-state index >= 15 is 0 Å². The van der Waals surface area contributed by atoms with Crippen LogP contribution in [0.25, 0.3) is 0 Å². The molecule has 17 heavy (non-hydrogen) atoms. The van der Waals surface area contributed by atoms with Gasteiger partial charge >= 0.3 is 0 Å². The molecule has 0 aromatic carbocycles. The summed E-state index contributed by atoms with van der Waals surface area (Å²) < 4.78 is 0. The van der Waals surface area contributed by atoms with Crippen LogP contribution < -0.4 is 0 Å². The van der Waals surface area contributed by atoms with Crippen LogP contribution in [0.15, 0.2) is 0 Å². The first-order chi connectivity index (χ1) is 8.16. The van der Waals surface area contributed by atoms with Crippen molar-refractivity contribution in [1.82, 2.24) is 4.90 Å². The van der Waals surface area contributed by atoms with Crippen LogP contribution in [0, 0.1) is 0 Å². The first-order valence-electron chi connectivity index (χ1n) is 7.49. The van der Waals surface area contributed by atoms with E-state index in [2.05, 4.69) is 25.8 Å². The van der Waals surface area contributed by atoms with Crippen molar-refractivity contribution >= 4 is 11.6 Å². The minimum atomic E-state index is 0.316. The third-order valence-electron chi connectivity index (χ3n) is 3.30. The highest BCUT2D eigenvalue weighted by Gasteiger charge is 2.01. The summed E-state index contributed by atoms with van der Waals surface area (Å²) in [7, 11) is 2.21. The van der Waals surface area contributed by atoms with Crippen molar-refractivity contribution in [3.8, 4) is 0 Å². The Labute approximate surface area is 114 Å². The van der Waals surface area contributed by atoms with Gasteiger partial charge in [-0.3, -0.25) is 0 Å². The molecule has 0 saturated carbocycles. The summed E-state index contributed by atoms with van der Waals surface area (Å²) >= 11 is 5.94. The monoisotopic (exact) mass is 261 g/mol. The number of rotatable bonds is 12. The van der Waals surface area contributed by atoms with Crippen LogP contribution in [0.2, 0.25) is 0 Å². The predicted molar refractivity (Wildman–Crippen MR) is 80.0 cm³/mol. The summed E-state index contributed by atoms with van der Waals surface area (Å²) in [6, 6.07) is 0. The van der Waals surface area contributed by atoms with E-state index in [1.807, 2.05) is 0 Å². The van der Waals surface area contributed by atoms with Crippen molar-refractivity contribution in [3.05, 3.63) is 0 Å². The number of halogens is 1. The molecular weight excluding hydrogens is 230 g/mol. The molecule has 0 fully saturated rings.